The maximum Gasteiger partial charge on any atom is 0.416 e. The Morgan fingerprint density at radius 2 is 1.74 bits per heavy atom. The van der Waals surface area contributed by atoms with E-state index in [-0.39, 0.29) is 17.4 Å². The number of benzene rings is 3. The third kappa shape index (κ3) is 5.86. The Morgan fingerprint density at radius 1 is 1.03 bits per heavy atom. The molecule has 0 saturated heterocycles. The summed E-state index contributed by atoms with van der Waals surface area (Å²) in [4.78, 5) is 12.8. The summed E-state index contributed by atoms with van der Waals surface area (Å²) in [7, 11) is 0. The van der Waals surface area contributed by atoms with E-state index in [1.807, 2.05) is 0 Å². The van der Waals surface area contributed by atoms with Gasteiger partial charge in [-0.15, -0.1) is 0 Å². The summed E-state index contributed by atoms with van der Waals surface area (Å²) < 4.78 is 52.5. The molecule has 4 nitrogen and oxygen atoms in total. The molecule has 0 fully saturated rings. The Bertz CT molecular complexity index is 1080. The molecular weight excluding hydrogens is 451 g/mol. The van der Waals surface area contributed by atoms with E-state index in [4.69, 9.17) is 21.1 Å². The van der Waals surface area contributed by atoms with Gasteiger partial charge in [0, 0.05) is 4.90 Å². The van der Waals surface area contributed by atoms with Crippen LogP contribution in [0.15, 0.2) is 71.6 Å². The molecule has 0 unspecified atom stereocenters. The first-order valence-corrected chi connectivity index (χ1v) is 10.3. The van der Waals surface area contributed by atoms with Crippen LogP contribution in [0.5, 0.6) is 11.5 Å². The summed E-state index contributed by atoms with van der Waals surface area (Å²) in [5, 5.41) is -0.162. The van der Waals surface area contributed by atoms with Gasteiger partial charge in [0.2, 0.25) is 0 Å². The van der Waals surface area contributed by atoms with Crippen molar-refractivity contribution in [1.29, 1.82) is 0 Å². The van der Waals surface area contributed by atoms with Crippen LogP contribution in [-0.2, 0) is 10.9 Å². The van der Waals surface area contributed by atoms with Crippen molar-refractivity contribution in [2.24, 2.45) is 0 Å². The normalized spacial score (nSPS) is 11.1. The van der Waals surface area contributed by atoms with Gasteiger partial charge >= 0.3 is 12.1 Å². The van der Waals surface area contributed by atoms with Crippen molar-refractivity contribution in [2.45, 2.75) is 18.0 Å². The van der Waals surface area contributed by atoms with Crippen molar-refractivity contribution >= 4 is 35.2 Å². The lowest BCUT2D eigenvalue weighted by Crippen LogP contribution is -2.06. The molecule has 0 saturated carbocycles. The molecule has 9 heteroatoms. The Hall–Kier alpha value is -2.84. The second-order valence-corrected chi connectivity index (χ2v) is 7.42. The fraction of sp³-hybridized carbons (Fsp3) is 0.136. The minimum Gasteiger partial charge on any atom is -0.462 e. The van der Waals surface area contributed by atoms with E-state index in [1.165, 1.54) is 18.0 Å². The molecule has 0 bridgehead atoms. The van der Waals surface area contributed by atoms with Gasteiger partial charge in [-0.1, -0.05) is 35.9 Å². The molecule has 0 aliphatic carbocycles. The molecule has 0 aromatic heterocycles. The molecule has 31 heavy (non-hydrogen) atoms. The Labute approximate surface area is 186 Å². The monoisotopic (exact) mass is 467 g/mol. The summed E-state index contributed by atoms with van der Waals surface area (Å²) in [5.41, 5.74) is 0.0931. The van der Waals surface area contributed by atoms with Gasteiger partial charge in [-0.05, 0) is 61.3 Å². The van der Waals surface area contributed by atoms with Crippen molar-refractivity contribution in [1.82, 2.24) is 0 Å². The number of para-hydroxylation sites is 2. The zero-order chi connectivity index (χ0) is 22.4. The summed E-state index contributed by atoms with van der Waals surface area (Å²) in [6.45, 7) is 1.99. The van der Waals surface area contributed by atoms with Gasteiger partial charge in [0.25, 0.3) is 0 Å². The van der Waals surface area contributed by atoms with E-state index in [1.54, 1.807) is 55.5 Å². The molecule has 3 aromatic rings. The van der Waals surface area contributed by atoms with Crippen molar-refractivity contribution in [3.05, 3.63) is 82.9 Å². The van der Waals surface area contributed by atoms with Gasteiger partial charge in [0.05, 0.1) is 28.4 Å². The highest BCUT2D eigenvalue weighted by Gasteiger charge is 2.31. The average molecular weight is 468 g/mol. The first-order valence-electron chi connectivity index (χ1n) is 9.12. The summed E-state index contributed by atoms with van der Waals surface area (Å²) >= 11 is 7.17. The summed E-state index contributed by atoms with van der Waals surface area (Å²) in [5.74, 6) is -0.000383. The lowest BCUT2D eigenvalue weighted by Gasteiger charge is -2.15. The SMILES string of the molecule is CCOC(=O)c1ccccc1SNc1ccccc1Oc1ccc(C(F)(F)F)cc1Cl. The topological polar surface area (TPSA) is 47.6 Å². The second kappa shape index (κ2) is 9.98. The zero-order valence-electron chi connectivity index (χ0n) is 16.2. The second-order valence-electron chi connectivity index (χ2n) is 6.16. The molecule has 0 radical (unpaired) electrons. The first kappa shape index (κ1) is 22.8. The number of ether oxygens (including phenoxy) is 2. The average Bonchev–Trinajstić information content (AvgIpc) is 2.74. The Kier molecular flexibility index (Phi) is 7.35. The number of esters is 1. The van der Waals surface area contributed by atoms with Crippen LogP contribution in [0.1, 0.15) is 22.8 Å². The van der Waals surface area contributed by atoms with E-state index >= 15 is 0 Å². The molecule has 162 valence electrons. The maximum absolute atomic E-state index is 12.8. The predicted octanol–water partition coefficient (Wildman–Crippen LogP) is 7.45. The van der Waals surface area contributed by atoms with Gasteiger partial charge in [-0.3, -0.25) is 0 Å². The number of alkyl halides is 3. The Morgan fingerprint density at radius 3 is 2.45 bits per heavy atom. The molecule has 3 rings (SSSR count). The Balaban J connectivity index is 1.79. The fourth-order valence-corrected chi connectivity index (χ4v) is 3.58. The zero-order valence-corrected chi connectivity index (χ0v) is 17.8. The van der Waals surface area contributed by atoms with Crippen LogP contribution in [0.2, 0.25) is 5.02 Å². The highest BCUT2D eigenvalue weighted by atomic mass is 35.5. The van der Waals surface area contributed by atoms with Gasteiger partial charge < -0.3 is 14.2 Å². The third-order valence-electron chi connectivity index (χ3n) is 4.02. The highest BCUT2D eigenvalue weighted by molar-refractivity contribution is 8.00. The number of carbonyl (C=O) groups is 1. The summed E-state index contributed by atoms with van der Waals surface area (Å²) in [6, 6.07) is 16.7. The number of carbonyl (C=O) groups excluding carboxylic acids is 1. The minimum absolute atomic E-state index is 0.0841. The third-order valence-corrected chi connectivity index (χ3v) is 5.21. The quantitative estimate of drug-likeness (QED) is 0.289. The number of nitrogens with one attached hydrogen (secondary N) is 1. The van der Waals surface area contributed by atoms with Crippen LogP contribution in [0.25, 0.3) is 0 Å². The van der Waals surface area contributed by atoms with Crippen molar-refractivity contribution in [3.63, 3.8) is 0 Å². The molecule has 3 aromatic carbocycles. The lowest BCUT2D eigenvalue weighted by atomic mass is 10.2. The van der Waals surface area contributed by atoms with Gasteiger partial charge in [-0.25, -0.2) is 4.79 Å². The van der Waals surface area contributed by atoms with Gasteiger partial charge in [0.1, 0.15) is 5.75 Å². The molecule has 0 heterocycles. The van der Waals surface area contributed by atoms with Crippen molar-refractivity contribution in [3.8, 4) is 11.5 Å². The highest BCUT2D eigenvalue weighted by Crippen LogP contribution is 2.39. The number of rotatable bonds is 7. The lowest BCUT2D eigenvalue weighted by molar-refractivity contribution is -0.137. The van der Waals surface area contributed by atoms with Crippen molar-refractivity contribution in [2.75, 3.05) is 11.3 Å². The van der Waals surface area contributed by atoms with E-state index < -0.39 is 17.7 Å². The molecule has 0 amide bonds. The smallest absolute Gasteiger partial charge is 0.416 e. The summed E-state index contributed by atoms with van der Waals surface area (Å²) in [6.07, 6.45) is -4.50. The van der Waals surface area contributed by atoms with Crippen LogP contribution in [0, 0.1) is 0 Å². The minimum atomic E-state index is -4.50. The largest absolute Gasteiger partial charge is 0.462 e. The van der Waals surface area contributed by atoms with E-state index in [2.05, 4.69) is 4.72 Å². The van der Waals surface area contributed by atoms with E-state index in [0.717, 1.165) is 12.1 Å². The molecule has 0 aliphatic heterocycles. The predicted molar refractivity (Wildman–Crippen MR) is 115 cm³/mol. The first-order chi connectivity index (χ1) is 14.8. The maximum atomic E-state index is 12.8. The number of hydrogen-bond donors (Lipinski definition) is 1. The van der Waals surface area contributed by atoms with Crippen LogP contribution >= 0.6 is 23.5 Å². The van der Waals surface area contributed by atoms with Crippen LogP contribution < -0.4 is 9.46 Å². The molecule has 0 aliphatic rings. The molecule has 0 spiro atoms. The standard InChI is InChI=1S/C22H17ClF3NO3S/c1-2-29-21(28)15-7-3-6-10-20(15)31-27-17-8-4-5-9-19(17)30-18-12-11-14(13-16(18)23)22(24,25)26/h3-13,27H,2H2,1H3. The van der Waals surface area contributed by atoms with Crippen LogP contribution in [0.4, 0.5) is 18.9 Å². The number of hydrogen-bond acceptors (Lipinski definition) is 5. The van der Waals surface area contributed by atoms with Crippen LogP contribution in [-0.4, -0.2) is 12.6 Å². The number of anilines is 1. The van der Waals surface area contributed by atoms with Gasteiger partial charge in [-0.2, -0.15) is 13.2 Å². The van der Waals surface area contributed by atoms with Crippen molar-refractivity contribution < 1.29 is 27.4 Å². The fourth-order valence-electron chi connectivity index (χ4n) is 2.56. The number of halogens is 4. The van der Waals surface area contributed by atoms with Crippen LogP contribution in [0.3, 0.4) is 0 Å². The molecule has 1 N–H and O–H groups in total. The van der Waals surface area contributed by atoms with E-state index in [9.17, 15) is 18.0 Å². The van der Waals surface area contributed by atoms with Gasteiger partial charge in [0.15, 0.2) is 5.75 Å². The molecule has 0 atom stereocenters. The molecular formula is C22H17ClF3NO3S. The van der Waals surface area contributed by atoms with E-state index in [0.29, 0.717) is 21.9 Å².